The highest BCUT2D eigenvalue weighted by Gasteiger charge is 2.45. The smallest absolute Gasteiger partial charge is 0.251 e. The van der Waals surface area contributed by atoms with Crippen LogP contribution in [0.15, 0.2) is 11.6 Å². The fourth-order valence-corrected chi connectivity index (χ4v) is 4.80. The molecule has 126 valence electrons. The molecule has 0 aliphatic carbocycles. The van der Waals surface area contributed by atoms with Crippen molar-refractivity contribution in [2.45, 2.75) is 56.8 Å². The highest BCUT2D eigenvalue weighted by molar-refractivity contribution is 7.09. The van der Waals surface area contributed by atoms with Crippen LogP contribution in [0.4, 0.5) is 0 Å². The minimum Gasteiger partial charge on any atom is -0.362 e. The molecule has 3 fully saturated rings. The summed E-state index contributed by atoms with van der Waals surface area (Å²) in [4.78, 5) is 21.4. The normalized spacial score (nSPS) is 27.8. The summed E-state index contributed by atoms with van der Waals surface area (Å²) in [7, 11) is 0. The standard InChI is InChI=1S/C17H25N3O2S/c21-16(20-8-1-2-9-20)14-3-4-17(22-14)5-10-19(11-6-17)13-15-18-7-12-23-15/h7,12,14H,1-6,8-11,13H2/t14-/m1/s1. The molecule has 0 bridgehead atoms. The first-order chi connectivity index (χ1) is 11.2. The Hall–Kier alpha value is -0.980. The number of hydrogen-bond acceptors (Lipinski definition) is 5. The molecule has 4 rings (SSSR count). The van der Waals surface area contributed by atoms with E-state index in [0.29, 0.717) is 0 Å². The highest BCUT2D eigenvalue weighted by atomic mass is 32.1. The number of hydrogen-bond donors (Lipinski definition) is 0. The van der Waals surface area contributed by atoms with E-state index >= 15 is 0 Å². The molecule has 4 heterocycles. The van der Waals surface area contributed by atoms with Gasteiger partial charge in [0.05, 0.1) is 12.1 Å². The maximum Gasteiger partial charge on any atom is 0.251 e. The number of aromatic nitrogens is 1. The van der Waals surface area contributed by atoms with Gasteiger partial charge in [0.2, 0.25) is 0 Å². The third-order valence-corrected chi connectivity index (χ3v) is 6.32. The number of amides is 1. The van der Waals surface area contributed by atoms with Crippen molar-refractivity contribution in [2.24, 2.45) is 0 Å². The summed E-state index contributed by atoms with van der Waals surface area (Å²) in [5.41, 5.74) is -0.0422. The fourth-order valence-electron chi connectivity index (χ4n) is 4.14. The van der Waals surface area contributed by atoms with Crippen molar-refractivity contribution in [3.05, 3.63) is 16.6 Å². The monoisotopic (exact) mass is 335 g/mol. The van der Waals surface area contributed by atoms with Crippen LogP contribution in [0.3, 0.4) is 0 Å². The number of carbonyl (C=O) groups excluding carboxylic acids is 1. The van der Waals surface area contributed by atoms with E-state index in [4.69, 9.17) is 4.74 Å². The lowest BCUT2D eigenvalue weighted by Gasteiger charge is -2.39. The molecule has 0 saturated carbocycles. The Morgan fingerprint density at radius 1 is 1.26 bits per heavy atom. The van der Waals surface area contributed by atoms with E-state index in [1.807, 2.05) is 16.5 Å². The molecule has 3 saturated heterocycles. The number of ether oxygens (including phenoxy) is 1. The first-order valence-corrected chi connectivity index (χ1v) is 9.69. The molecule has 1 atom stereocenters. The lowest BCUT2D eigenvalue weighted by Crippen LogP contribution is -2.45. The van der Waals surface area contributed by atoms with Gasteiger partial charge in [0.1, 0.15) is 11.1 Å². The molecule has 1 spiro atoms. The van der Waals surface area contributed by atoms with Crippen LogP contribution >= 0.6 is 11.3 Å². The van der Waals surface area contributed by atoms with Crippen molar-refractivity contribution in [1.82, 2.24) is 14.8 Å². The summed E-state index contributed by atoms with van der Waals surface area (Å²) in [5.74, 6) is 0.240. The lowest BCUT2D eigenvalue weighted by molar-refractivity contribution is -0.150. The van der Waals surface area contributed by atoms with Gasteiger partial charge in [0.15, 0.2) is 0 Å². The Labute approximate surface area is 141 Å². The third kappa shape index (κ3) is 3.30. The quantitative estimate of drug-likeness (QED) is 0.850. The molecule has 0 radical (unpaired) electrons. The molecule has 1 aromatic heterocycles. The van der Waals surface area contributed by atoms with E-state index in [2.05, 4.69) is 9.88 Å². The zero-order chi connectivity index (χ0) is 15.7. The van der Waals surface area contributed by atoms with Crippen molar-refractivity contribution in [1.29, 1.82) is 0 Å². The van der Waals surface area contributed by atoms with E-state index < -0.39 is 0 Å². The Balaban J connectivity index is 1.30. The van der Waals surface area contributed by atoms with Crippen molar-refractivity contribution in [3.63, 3.8) is 0 Å². The van der Waals surface area contributed by atoms with Crippen molar-refractivity contribution in [3.8, 4) is 0 Å². The maximum atomic E-state index is 12.5. The van der Waals surface area contributed by atoms with Gasteiger partial charge in [-0.2, -0.15) is 0 Å². The molecular formula is C17H25N3O2S. The minimum atomic E-state index is -0.182. The van der Waals surface area contributed by atoms with Gasteiger partial charge in [0, 0.05) is 37.8 Å². The summed E-state index contributed by atoms with van der Waals surface area (Å²) in [6.07, 6.45) is 8.03. The largest absolute Gasteiger partial charge is 0.362 e. The van der Waals surface area contributed by atoms with Crippen LogP contribution in [-0.2, 0) is 16.1 Å². The molecule has 0 unspecified atom stereocenters. The molecule has 5 nitrogen and oxygen atoms in total. The number of carbonyl (C=O) groups is 1. The predicted molar refractivity (Wildman–Crippen MR) is 89.3 cm³/mol. The number of thiazole rings is 1. The molecule has 0 aromatic carbocycles. The van der Waals surface area contributed by atoms with Crippen LogP contribution in [0, 0.1) is 0 Å². The Morgan fingerprint density at radius 3 is 2.74 bits per heavy atom. The minimum absolute atomic E-state index is 0.0422. The van der Waals surface area contributed by atoms with Gasteiger partial charge in [-0.3, -0.25) is 9.69 Å². The Kier molecular flexibility index (Phi) is 4.39. The summed E-state index contributed by atoms with van der Waals surface area (Å²) >= 11 is 1.72. The average molecular weight is 335 g/mol. The SMILES string of the molecule is O=C([C@H]1CCC2(CCN(Cc3nccs3)CC2)O1)N1CCCC1. The molecule has 23 heavy (non-hydrogen) atoms. The lowest BCUT2D eigenvalue weighted by atomic mass is 9.88. The first kappa shape index (κ1) is 15.5. The number of piperidine rings is 1. The zero-order valence-electron chi connectivity index (χ0n) is 13.6. The van der Waals surface area contributed by atoms with Crippen LogP contribution in [-0.4, -0.2) is 58.6 Å². The van der Waals surface area contributed by atoms with E-state index in [9.17, 15) is 4.79 Å². The van der Waals surface area contributed by atoms with E-state index in [1.54, 1.807) is 11.3 Å². The van der Waals surface area contributed by atoms with Gasteiger partial charge >= 0.3 is 0 Å². The van der Waals surface area contributed by atoms with Crippen molar-refractivity contribution in [2.75, 3.05) is 26.2 Å². The molecule has 6 heteroatoms. The van der Waals surface area contributed by atoms with Gasteiger partial charge in [-0.15, -0.1) is 11.3 Å². The van der Waals surface area contributed by atoms with E-state index in [0.717, 1.165) is 71.2 Å². The molecular weight excluding hydrogens is 310 g/mol. The van der Waals surface area contributed by atoms with Gasteiger partial charge < -0.3 is 9.64 Å². The summed E-state index contributed by atoms with van der Waals surface area (Å²) in [5, 5.41) is 3.23. The highest BCUT2D eigenvalue weighted by Crippen LogP contribution is 2.39. The second-order valence-corrected chi connectivity index (χ2v) is 8.04. The van der Waals surface area contributed by atoms with Crippen LogP contribution in [0.2, 0.25) is 0 Å². The number of rotatable bonds is 3. The van der Waals surface area contributed by atoms with Gasteiger partial charge in [-0.1, -0.05) is 0 Å². The van der Waals surface area contributed by atoms with Crippen LogP contribution < -0.4 is 0 Å². The van der Waals surface area contributed by atoms with Crippen LogP contribution in [0.5, 0.6) is 0 Å². The van der Waals surface area contributed by atoms with Gasteiger partial charge in [0.25, 0.3) is 5.91 Å². The Morgan fingerprint density at radius 2 is 2.04 bits per heavy atom. The summed E-state index contributed by atoms with van der Waals surface area (Å²) in [6.45, 7) is 4.89. The van der Waals surface area contributed by atoms with E-state index in [-0.39, 0.29) is 17.6 Å². The van der Waals surface area contributed by atoms with Gasteiger partial charge in [-0.25, -0.2) is 4.98 Å². The fraction of sp³-hybridized carbons (Fsp3) is 0.765. The molecule has 3 aliphatic heterocycles. The second kappa shape index (κ2) is 6.49. The third-order valence-electron chi connectivity index (χ3n) is 5.56. The second-order valence-electron chi connectivity index (χ2n) is 7.06. The van der Waals surface area contributed by atoms with E-state index in [1.165, 1.54) is 5.01 Å². The molecule has 0 N–H and O–H groups in total. The van der Waals surface area contributed by atoms with Gasteiger partial charge in [-0.05, 0) is 38.5 Å². The molecule has 1 amide bonds. The number of nitrogens with zero attached hydrogens (tertiary/aromatic N) is 3. The topological polar surface area (TPSA) is 45.7 Å². The van der Waals surface area contributed by atoms with Crippen LogP contribution in [0.1, 0.15) is 43.5 Å². The van der Waals surface area contributed by atoms with Crippen LogP contribution in [0.25, 0.3) is 0 Å². The Bertz CT molecular complexity index is 534. The molecule has 3 aliphatic rings. The zero-order valence-corrected chi connectivity index (χ0v) is 14.4. The maximum absolute atomic E-state index is 12.5. The van der Waals surface area contributed by atoms with Crippen molar-refractivity contribution >= 4 is 17.2 Å². The summed E-state index contributed by atoms with van der Waals surface area (Å²) in [6, 6.07) is 0. The van der Waals surface area contributed by atoms with Crippen molar-refractivity contribution < 1.29 is 9.53 Å². The first-order valence-electron chi connectivity index (χ1n) is 8.81. The summed E-state index contributed by atoms with van der Waals surface area (Å²) < 4.78 is 6.32. The predicted octanol–water partition coefficient (Wildman–Crippen LogP) is 2.28. The number of likely N-dealkylation sites (tertiary alicyclic amines) is 2. The average Bonchev–Trinajstić information content (AvgIpc) is 3.31. The molecule has 1 aromatic rings.